The largest absolute Gasteiger partial charge is 0.338 e. The van der Waals surface area contributed by atoms with Gasteiger partial charge in [0.15, 0.2) is 0 Å². The van der Waals surface area contributed by atoms with Crippen molar-refractivity contribution in [1.29, 1.82) is 0 Å². The van der Waals surface area contributed by atoms with E-state index in [0.717, 1.165) is 48.6 Å². The molecule has 7 heteroatoms. The third kappa shape index (κ3) is 4.63. The Balaban J connectivity index is 1.55. The fraction of sp³-hybridized carbons (Fsp3) is 0.444. The number of carbonyl (C=O) groups is 1. The maximum Gasteiger partial charge on any atom is 0.247 e. The van der Waals surface area contributed by atoms with Gasteiger partial charge in [-0.2, -0.15) is 5.10 Å². The van der Waals surface area contributed by atoms with Crippen LogP contribution in [0.15, 0.2) is 41.1 Å². The van der Waals surface area contributed by atoms with Crippen LogP contribution in [0.1, 0.15) is 24.9 Å². The molecule has 1 aliphatic rings. The van der Waals surface area contributed by atoms with Crippen molar-refractivity contribution < 1.29 is 4.79 Å². The molecule has 25 heavy (non-hydrogen) atoms. The molecule has 1 aromatic carbocycles. The van der Waals surface area contributed by atoms with E-state index >= 15 is 0 Å². The number of benzene rings is 1. The maximum absolute atomic E-state index is 12.9. The van der Waals surface area contributed by atoms with Crippen LogP contribution in [0.3, 0.4) is 0 Å². The molecule has 1 unspecified atom stereocenters. The van der Waals surface area contributed by atoms with Crippen molar-refractivity contribution in [2.45, 2.75) is 25.9 Å². The highest BCUT2D eigenvalue weighted by Crippen LogP contribution is 2.19. The fourth-order valence-corrected chi connectivity index (χ4v) is 3.57. The van der Waals surface area contributed by atoms with Gasteiger partial charge < -0.3 is 4.90 Å². The van der Waals surface area contributed by atoms with Gasteiger partial charge >= 0.3 is 0 Å². The van der Waals surface area contributed by atoms with Crippen LogP contribution in [0.5, 0.6) is 0 Å². The van der Waals surface area contributed by atoms with Crippen molar-refractivity contribution in [2.75, 3.05) is 26.2 Å². The molecular formula is C18H22BrClN4O. The van der Waals surface area contributed by atoms with Gasteiger partial charge in [0.25, 0.3) is 0 Å². The van der Waals surface area contributed by atoms with Gasteiger partial charge in [-0.15, -0.1) is 0 Å². The monoisotopic (exact) mass is 424 g/mol. The lowest BCUT2D eigenvalue weighted by Gasteiger charge is -2.36. The number of hydrogen-bond donors (Lipinski definition) is 0. The molecule has 0 saturated carbocycles. The summed E-state index contributed by atoms with van der Waals surface area (Å²) in [5, 5.41) is 5.04. The van der Waals surface area contributed by atoms with Gasteiger partial charge in [0.05, 0.1) is 10.7 Å². The van der Waals surface area contributed by atoms with Gasteiger partial charge in [0, 0.05) is 43.9 Å². The lowest BCUT2D eigenvalue weighted by molar-refractivity contribution is -0.137. The first-order chi connectivity index (χ1) is 12.1. The molecule has 1 fully saturated rings. The van der Waals surface area contributed by atoms with Crippen LogP contribution in [-0.2, 0) is 11.3 Å². The Morgan fingerprint density at radius 3 is 2.48 bits per heavy atom. The van der Waals surface area contributed by atoms with E-state index in [1.54, 1.807) is 10.9 Å². The normalized spacial score (nSPS) is 16.8. The second-order valence-electron chi connectivity index (χ2n) is 6.29. The first-order valence-corrected chi connectivity index (χ1v) is 9.69. The summed E-state index contributed by atoms with van der Waals surface area (Å²) in [4.78, 5) is 17.2. The molecule has 2 aromatic rings. The van der Waals surface area contributed by atoms with E-state index in [-0.39, 0.29) is 11.9 Å². The molecule has 0 N–H and O–H groups in total. The summed E-state index contributed by atoms with van der Waals surface area (Å²) < 4.78 is 2.65. The third-order valence-corrected chi connectivity index (χ3v) is 5.23. The SMILES string of the molecule is CCC(C(=O)N1CCN(Cc2ccc(Cl)cc2)CC1)n1cc(Br)cn1. The Morgan fingerprint density at radius 1 is 1.24 bits per heavy atom. The van der Waals surface area contributed by atoms with Gasteiger partial charge in [-0.1, -0.05) is 30.7 Å². The van der Waals surface area contributed by atoms with Crippen LogP contribution in [0.2, 0.25) is 5.02 Å². The van der Waals surface area contributed by atoms with E-state index in [1.807, 2.05) is 30.2 Å². The van der Waals surface area contributed by atoms with Crippen molar-refractivity contribution in [3.05, 3.63) is 51.7 Å². The molecule has 0 spiro atoms. The number of piperazine rings is 1. The number of amides is 1. The number of rotatable bonds is 5. The lowest BCUT2D eigenvalue weighted by Crippen LogP contribution is -2.50. The Labute approximate surface area is 161 Å². The van der Waals surface area contributed by atoms with Gasteiger partial charge in [-0.25, -0.2) is 0 Å². The lowest BCUT2D eigenvalue weighted by atomic mass is 10.1. The third-order valence-electron chi connectivity index (χ3n) is 4.56. The van der Waals surface area contributed by atoms with E-state index in [4.69, 9.17) is 11.6 Å². The molecule has 5 nitrogen and oxygen atoms in total. The summed E-state index contributed by atoms with van der Waals surface area (Å²) in [5.74, 6) is 0.157. The zero-order chi connectivity index (χ0) is 17.8. The Bertz CT molecular complexity index is 710. The van der Waals surface area contributed by atoms with E-state index in [0.29, 0.717) is 0 Å². The summed E-state index contributed by atoms with van der Waals surface area (Å²) >= 11 is 9.33. The summed E-state index contributed by atoms with van der Waals surface area (Å²) in [6.45, 7) is 6.19. The smallest absolute Gasteiger partial charge is 0.247 e. The molecule has 134 valence electrons. The van der Waals surface area contributed by atoms with E-state index in [9.17, 15) is 4.79 Å². The zero-order valence-electron chi connectivity index (χ0n) is 14.2. The summed E-state index contributed by atoms with van der Waals surface area (Å²) in [5.41, 5.74) is 1.25. The molecule has 0 bridgehead atoms. The van der Waals surface area contributed by atoms with Crippen LogP contribution in [0.25, 0.3) is 0 Å². The van der Waals surface area contributed by atoms with Crippen molar-refractivity contribution in [3.8, 4) is 0 Å². The standard InChI is InChI=1S/C18H22BrClN4O/c1-2-17(24-13-15(19)11-21-24)18(25)23-9-7-22(8-10-23)12-14-3-5-16(20)6-4-14/h3-6,11,13,17H,2,7-10,12H2,1H3. The second-order valence-corrected chi connectivity index (χ2v) is 7.64. The molecule has 1 saturated heterocycles. The van der Waals surface area contributed by atoms with Gasteiger partial charge in [0.1, 0.15) is 6.04 Å². The molecule has 0 radical (unpaired) electrons. The van der Waals surface area contributed by atoms with Gasteiger partial charge in [-0.3, -0.25) is 14.4 Å². The van der Waals surface area contributed by atoms with Gasteiger partial charge in [0.2, 0.25) is 5.91 Å². The first kappa shape index (κ1) is 18.4. The average Bonchev–Trinajstić information content (AvgIpc) is 3.04. The van der Waals surface area contributed by atoms with Crippen LogP contribution >= 0.6 is 27.5 Å². The number of aromatic nitrogens is 2. The summed E-state index contributed by atoms with van der Waals surface area (Å²) in [6.07, 6.45) is 4.32. The zero-order valence-corrected chi connectivity index (χ0v) is 16.6. The van der Waals surface area contributed by atoms with Crippen LogP contribution in [-0.4, -0.2) is 51.7 Å². The molecule has 1 aromatic heterocycles. The predicted octanol–water partition coefficient (Wildman–Crippen LogP) is 3.59. The highest BCUT2D eigenvalue weighted by Gasteiger charge is 2.28. The van der Waals surface area contributed by atoms with Crippen molar-refractivity contribution >= 4 is 33.4 Å². The first-order valence-electron chi connectivity index (χ1n) is 8.52. The Hall–Kier alpha value is -1.37. The average molecular weight is 426 g/mol. The highest BCUT2D eigenvalue weighted by atomic mass is 79.9. The summed E-state index contributed by atoms with van der Waals surface area (Å²) in [6, 6.07) is 7.73. The Morgan fingerprint density at radius 2 is 1.92 bits per heavy atom. The number of halogens is 2. The Kier molecular flexibility index (Phi) is 6.15. The number of hydrogen-bond acceptors (Lipinski definition) is 3. The maximum atomic E-state index is 12.9. The highest BCUT2D eigenvalue weighted by molar-refractivity contribution is 9.10. The van der Waals surface area contributed by atoms with E-state index < -0.39 is 0 Å². The van der Waals surface area contributed by atoms with Gasteiger partial charge in [-0.05, 0) is 40.0 Å². The summed E-state index contributed by atoms with van der Waals surface area (Å²) in [7, 11) is 0. The minimum absolute atomic E-state index is 0.157. The van der Waals surface area contributed by atoms with Crippen molar-refractivity contribution in [1.82, 2.24) is 19.6 Å². The fourth-order valence-electron chi connectivity index (χ4n) is 3.15. The van der Waals surface area contributed by atoms with E-state index in [2.05, 4.69) is 38.1 Å². The molecule has 2 heterocycles. The molecule has 1 atom stereocenters. The predicted molar refractivity (Wildman–Crippen MR) is 103 cm³/mol. The van der Waals surface area contributed by atoms with Crippen LogP contribution in [0.4, 0.5) is 0 Å². The number of carbonyl (C=O) groups excluding carboxylic acids is 1. The van der Waals surface area contributed by atoms with E-state index in [1.165, 1.54) is 5.56 Å². The van der Waals surface area contributed by atoms with Crippen molar-refractivity contribution in [2.24, 2.45) is 0 Å². The molecule has 1 amide bonds. The minimum atomic E-state index is -0.228. The molecule has 0 aliphatic carbocycles. The number of nitrogens with zero attached hydrogens (tertiary/aromatic N) is 4. The van der Waals surface area contributed by atoms with Crippen molar-refractivity contribution in [3.63, 3.8) is 0 Å². The van der Waals surface area contributed by atoms with Crippen LogP contribution in [0, 0.1) is 0 Å². The molecular weight excluding hydrogens is 404 g/mol. The second kappa shape index (κ2) is 8.34. The van der Waals surface area contributed by atoms with Crippen LogP contribution < -0.4 is 0 Å². The topological polar surface area (TPSA) is 41.4 Å². The minimum Gasteiger partial charge on any atom is -0.338 e. The molecule has 3 rings (SSSR count). The molecule has 1 aliphatic heterocycles. The quantitative estimate of drug-likeness (QED) is 0.735.